The minimum Gasteiger partial charge on any atom is -0.488 e. The van der Waals surface area contributed by atoms with Gasteiger partial charge in [0.2, 0.25) is 0 Å². The maximum atomic E-state index is 5.85. The summed E-state index contributed by atoms with van der Waals surface area (Å²) in [6.45, 7) is 3.05. The minimum atomic E-state index is 0.354. The average Bonchev–Trinajstić information content (AvgIpc) is 2.52. The lowest BCUT2D eigenvalue weighted by atomic mass is 10.1. The zero-order valence-corrected chi connectivity index (χ0v) is 11.7. The molecule has 2 aromatic carbocycles. The summed E-state index contributed by atoms with van der Waals surface area (Å²) in [5, 5.41) is 0. The third-order valence-electron chi connectivity index (χ3n) is 3.04. The molecule has 0 aliphatic carbocycles. The van der Waals surface area contributed by atoms with Gasteiger partial charge in [-0.1, -0.05) is 55.2 Å². The summed E-state index contributed by atoms with van der Waals surface area (Å²) in [5.74, 6) is 6.68. The third kappa shape index (κ3) is 3.88. The summed E-state index contributed by atoms with van der Waals surface area (Å²) in [4.78, 5) is 0. The number of aryl methyl sites for hydroxylation is 1. The maximum absolute atomic E-state index is 5.85. The predicted octanol–water partition coefficient (Wildman–Crippen LogP) is 3.14. The Morgan fingerprint density at radius 2 is 1.70 bits per heavy atom. The van der Waals surface area contributed by atoms with Crippen molar-refractivity contribution in [3.63, 3.8) is 0 Å². The van der Waals surface area contributed by atoms with Gasteiger partial charge in [-0.3, -0.25) is 0 Å². The zero-order valence-electron chi connectivity index (χ0n) is 11.7. The normalized spacial score (nSPS) is 9.70. The van der Waals surface area contributed by atoms with E-state index in [0.29, 0.717) is 13.2 Å². The molecule has 0 saturated carbocycles. The Balaban J connectivity index is 2.06. The van der Waals surface area contributed by atoms with Crippen molar-refractivity contribution in [2.45, 2.75) is 20.0 Å². The van der Waals surface area contributed by atoms with Crippen LogP contribution in [0.2, 0.25) is 0 Å². The lowest BCUT2D eigenvalue weighted by Gasteiger charge is -2.08. The van der Waals surface area contributed by atoms with Gasteiger partial charge in [-0.15, -0.1) is 0 Å². The van der Waals surface area contributed by atoms with Crippen molar-refractivity contribution >= 4 is 0 Å². The predicted molar refractivity (Wildman–Crippen MR) is 82.5 cm³/mol. The molecule has 0 atom stereocenters. The van der Waals surface area contributed by atoms with E-state index < -0.39 is 0 Å². The van der Waals surface area contributed by atoms with E-state index in [-0.39, 0.29) is 0 Å². The monoisotopic (exact) mass is 265 g/mol. The van der Waals surface area contributed by atoms with E-state index in [1.165, 1.54) is 5.56 Å². The molecule has 2 rings (SSSR count). The molecule has 0 unspecified atom stereocenters. The molecule has 2 N–H and O–H groups in total. The number of hydrogen-bond acceptors (Lipinski definition) is 2. The number of para-hydroxylation sites is 1. The first-order chi connectivity index (χ1) is 9.83. The van der Waals surface area contributed by atoms with Crippen LogP contribution < -0.4 is 10.5 Å². The molecule has 2 aromatic rings. The van der Waals surface area contributed by atoms with Gasteiger partial charge in [0.15, 0.2) is 0 Å². The Bertz CT molecular complexity index is 605. The van der Waals surface area contributed by atoms with E-state index in [4.69, 9.17) is 10.5 Å². The van der Waals surface area contributed by atoms with Gasteiger partial charge in [-0.05, 0) is 29.7 Å². The SMILES string of the molecule is CCc1ccc(COc2ccccc2C#CCN)cc1. The number of rotatable bonds is 4. The molecule has 0 aromatic heterocycles. The molecule has 0 aliphatic rings. The van der Waals surface area contributed by atoms with E-state index in [9.17, 15) is 0 Å². The highest BCUT2D eigenvalue weighted by Gasteiger charge is 2.01. The Labute approximate surface area is 120 Å². The fourth-order valence-electron chi connectivity index (χ4n) is 1.87. The van der Waals surface area contributed by atoms with Crippen LogP contribution in [-0.2, 0) is 13.0 Å². The Morgan fingerprint density at radius 1 is 1.00 bits per heavy atom. The van der Waals surface area contributed by atoms with Crippen molar-refractivity contribution in [1.29, 1.82) is 0 Å². The Hall–Kier alpha value is -2.24. The Morgan fingerprint density at radius 3 is 2.40 bits per heavy atom. The number of hydrogen-bond donors (Lipinski definition) is 1. The van der Waals surface area contributed by atoms with E-state index in [1.807, 2.05) is 24.3 Å². The van der Waals surface area contributed by atoms with Crippen LogP contribution in [0.5, 0.6) is 5.75 Å². The second-order valence-corrected chi connectivity index (χ2v) is 4.46. The summed E-state index contributed by atoms with van der Waals surface area (Å²) in [6, 6.07) is 16.3. The lowest BCUT2D eigenvalue weighted by molar-refractivity contribution is 0.305. The number of nitrogens with two attached hydrogens (primary N) is 1. The van der Waals surface area contributed by atoms with Crippen LogP contribution in [0.15, 0.2) is 48.5 Å². The molecule has 0 spiro atoms. The zero-order chi connectivity index (χ0) is 14.2. The van der Waals surface area contributed by atoms with Crippen LogP contribution in [0.25, 0.3) is 0 Å². The van der Waals surface area contributed by atoms with Crippen LogP contribution in [0, 0.1) is 11.8 Å². The smallest absolute Gasteiger partial charge is 0.135 e. The van der Waals surface area contributed by atoms with Crippen LogP contribution in [0.1, 0.15) is 23.6 Å². The largest absolute Gasteiger partial charge is 0.488 e. The molecule has 0 saturated heterocycles. The first-order valence-electron chi connectivity index (χ1n) is 6.82. The highest BCUT2D eigenvalue weighted by atomic mass is 16.5. The summed E-state index contributed by atoms with van der Waals surface area (Å²) in [6.07, 6.45) is 1.05. The van der Waals surface area contributed by atoms with Crippen molar-refractivity contribution in [1.82, 2.24) is 0 Å². The van der Waals surface area contributed by atoms with Gasteiger partial charge < -0.3 is 10.5 Å². The van der Waals surface area contributed by atoms with Crippen LogP contribution in [0.3, 0.4) is 0 Å². The lowest BCUT2D eigenvalue weighted by Crippen LogP contribution is -1.98. The molecular weight excluding hydrogens is 246 g/mol. The molecule has 0 radical (unpaired) electrons. The molecule has 102 valence electrons. The molecule has 0 heterocycles. The fourth-order valence-corrected chi connectivity index (χ4v) is 1.87. The van der Waals surface area contributed by atoms with Crippen molar-refractivity contribution in [2.75, 3.05) is 6.54 Å². The van der Waals surface area contributed by atoms with Gasteiger partial charge in [0.05, 0.1) is 12.1 Å². The van der Waals surface area contributed by atoms with Gasteiger partial charge in [-0.2, -0.15) is 0 Å². The molecule has 0 bridgehead atoms. The standard InChI is InChI=1S/C18H19NO/c1-2-15-9-11-16(12-10-15)14-20-18-8-4-3-6-17(18)7-5-13-19/h3-4,6,8-12H,2,13-14,19H2,1H3. The van der Waals surface area contributed by atoms with Crippen molar-refractivity contribution in [2.24, 2.45) is 5.73 Å². The highest BCUT2D eigenvalue weighted by Crippen LogP contribution is 2.18. The van der Waals surface area contributed by atoms with E-state index in [0.717, 1.165) is 23.3 Å². The molecule has 20 heavy (non-hydrogen) atoms. The minimum absolute atomic E-state index is 0.354. The van der Waals surface area contributed by atoms with Crippen molar-refractivity contribution in [3.8, 4) is 17.6 Å². The van der Waals surface area contributed by atoms with Gasteiger partial charge in [0, 0.05) is 0 Å². The second kappa shape index (κ2) is 7.37. The molecule has 2 heteroatoms. The molecule has 0 fully saturated rings. The Kier molecular flexibility index (Phi) is 5.23. The van der Waals surface area contributed by atoms with E-state index >= 15 is 0 Å². The van der Waals surface area contributed by atoms with Gasteiger partial charge in [0.1, 0.15) is 12.4 Å². The van der Waals surface area contributed by atoms with Crippen LogP contribution in [0.4, 0.5) is 0 Å². The second-order valence-electron chi connectivity index (χ2n) is 4.46. The van der Waals surface area contributed by atoms with Gasteiger partial charge >= 0.3 is 0 Å². The van der Waals surface area contributed by atoms with Crippen molar-refractivity contribution < 1.29 is 4.74 Å². The topological polar surface area (TPSA) is 35.2 Å². The molecule has 0 amide bonds. The maximum Gasteiger partial charge on any atom is 0.135 e. The summed E-state index contributed by atoms with van der Waals surface area (Å²) < 4.78 is 5.85. The summed E-state index contributed by atoms with van der Waals surface area (Å²) in [7, 11) is 0. The van der Waals surface area contributed by atoms with E-state index in [2.05, 4.69) is 43.0 Å². The van der Waals surface area contributed by atoms with Crippen LogP contribution >= 0.6 is 0 Å². The highest BCUT2D eigenvalue weighted by molar-refractivity contribution is 5.46. The molecule has 0 aliphatic heterocycles. The van der Waals surface area contributed by atoms with Crippen LogP contribution in [-0.4, -0.2) is 6.54 Å². The average molecular weight is 265 g/mol. The first-order valence-corrected chi connectivity index (χ1v) is 6.82. The quantitative estimate of drug-likeness (QED) is 0.862. The summed E-state index contributed by atoms with van der Waals surface area (Å²) >= 11 is 0. The summed E-state index contributed by atoms with van der Waals surface area (Å²) in [5.41, 5.74) is 8.77. The molecular formula is C18H19NO. The van der Waals surface area contributed by atoms with Crippen molar-refractivity contribution in [3.05, 3.63) is 65.2 Å². The molecule has 2 nitrogen and oxygen atoms in total. The fraction of sp³-hybridized carbons (Fsp3) is 0.222. The third-order valence-corrected chi connectivity index (χ3v) is 3.04. The van der Waals surface area contributed by atoms with Gasteiger partial charge in [-0.25, -0.2) is 0 Å². The van der Waals surface area contributed by atoms with Gasteiger partial charge in [0.25, 0.3) is 0 Å². The van der Waals surface area contributed by atoms with E-state index in [1.54, 1.807) is 0 Å². The number of ether oxygens (including phenoxy) is 1. The number of benzene rings is 2. The first kappa shape index (κ1) is 14.2.